The number of nitrogens with zero attached hydrogens (tertiary/aromatic N) is 3. The summed E-state index contributed by atoms with van der Waals surface area (Å²) in [4.78, 5) is 13.7. The molecule has 150 valence electrons. The molecular weight excluding hydrogens is 379 g/mol. The molecule has 3 aromatic rings. The van der Waals surface area contributed by atoms with Crippen LogP contribution in [0.3, 0.4) is 0 Å². The first kappa shape index (κ1) is 19.2. The number of hydrogen-bond donors (Lipinski definition) is 0. The van der Waals surface area contributed by atoms with Crippen LogP contribution in [-0.2, 0) is 11.0 Å². The van der Waals surface area contributed by atoms with E-state index in [-0.39, 0.29) is 11.9 Å². The van der Waals surface area contributed by atoms with Gasteiger partial charge in [0.1, 0.15) is 5.69 Å². The number of aromatic nitrogens is 2. The molecule has 0 spiro atoms. The highest BCUT2D eigenvalue weighted by molar-refractivity contribution is 5.95. The van der Waals surface area contributed by atoms with E-state index in [0.29, 0.717) is 24.3 Å². The zero-order valence-electron chi connectivity index (χ0n) is 15.9. The average molecular weight is 399 g/mol. The molecular formula is C22H20F3N3O. The van der Waals surface area contributed by atoms with Gasteiger partial charge in [0.2, 0.25) is 5.91 Å². The Hall–Kier alpha value is -3.09. The second-order valence-corrected chi connectivity index (χ2v) is 7.27. The van der Waals surface area contributed by atoms with Crippen LogP contribution in [0.25, 0.3) is 22.2 Å². The minimum Gasteiger partial charge on any atom is -0.337 e. The second kappa shape index (κ2) is 7.06. The molecule has 7 heteroatoms. The van der Waals surface area contributed by atoms with Crippen LogP contribution in [-0.4, -0.2) is 33.7 Å². The SMILES string of the molecule is C=CC(=O)N1CCC(n2nc(-c3ccc(C(F)(F)F)cc3)c3cccc(C)c32)C1. The lowest BCUT2D eigenvalue weighted by atomic mass is 10.0. The Morgan fingerprint density at radius 3 is 2.59 bits per heavy atom. The fraction of sp³-hybridized carbons (Fsp3) is 0.273. The van der Waals surface area contributed by atoms with Crippen molar-refractivity contribution in [1.82, 2.24) is 14.7 Å². The van der Waals surface area contributed by atoms with Crippen LogP contribution in [0.4, 0.5) is 13.2 Å². The van der Waals surface area contributed by atoms with Crippen LogP contribution >= 0.6 is 0 Å². The highest BCUT2D eigenvalue weighted by atomic mass is 19.4. The van der Waals surface area contributed by atoms with Crippen molar-refractivity contribution in [2.75, 3.05) is 13.1 Å². The number of rotatable bonds is 3. The molecule has 0 aliphatic carbocycles. The molecule has 4 rings (SSSR count). The minimum absolute atomic E-state index is 0.00528. The van der Waals surface area contributed by atoms with Crippen LogP contribution < -0.4 is 0 Å². The van der Waals surface area contributed by atoms with E-state index >= 15 is 0 Å². The van der Waals surface area contributed by atoms with Crippen molar-refractivity contribution >= 4 is 16.8 Å². The molecule has 1 amide bonds. The number of aryl methyl sites for hydroxylation is 1. The van der Waals surface area contributed by atoms with Crippen LogP contribution in [0.2, 0.25) is 0 Å². The van der Waals surface area contributed by atoms with Crippen molar-refractivity contribution in [2.45, 2.75) is 25.6 Å². The summed E-state index contributed by atoms with van der Waals surface area (Å²) in [6.07, 6.45) is -2.30. The molecule has 2 aromatic carbocycles. The zero-order valence-corrected chi connectivity index (χ0v) is 15.9. The van der Waals surface area contributed by atoms with Crippen molar-refractivity contribution in [2.24, 2.45) is 0 Å². The number of benzene rings is 2. The van der Waals surface area contributed by atoms with Crippen LogP contribution in [0.5, 0.6) is 0 Å². The standard InChI is InChI=1S/C22H20F3N3O/c1-3-19(29)27-12-11-17(13-27)28-21-14(2)5-4-6-18(21)20(26-28)15-7-9-16(10-8-15)22(23,24)25/h3-10,17H,1,11-13H2,2H3. The summed E-state index contributed by atoms with van der Waals surface area (Å²) in [5.41, 5.74) is 2.56. The maximum atomic E-state index is 12.9. The number of halogens is 3. The molecule has 1 aliphatic heterocycles. The Morgan fingerprint density at radius 1 is 1.21 bits per heavy atom. The van der Waals surface area contributed by atoms with Crippen LogP contribution in [0, 0.1) is 6.92 Å². The fourth-order valence-corrected chi connectivity index (χ4v) is 3.93. The van der Waals surface area contributed by atoms with E-state index in [4.69, 9.17) is 5.10 Å². The quantitative estimate of drug-likeness (QED) is 0.582. The molecule has 1 aromatic heterocycles. The largest absolute Gasteiger partial charge is 0.416 e. The number of amides is 1. The summed E-state index contributed by atoms with van der Waals surface area (Å²) in [5.74, 6) is -0.108. The van der Waals surface area contributed by atoms with Crippen molar-refractivity contribution in [1.29, 1.82) is 0 Å². The molecule has 0 N–H and O–H groups in total. The Morgan fingerprint density at radius 2 is 1.93 bits per heavy atom. The molecule has 0 bridgehead atoms. The third-order valence-electron chi connectivity index (χ3n) is 5.41. The highest BCUT2D eigenvalue weighted by Gasteiger charge is 2.31. The van der Waals surface area contributed by atoms with Gasteiger partial charge in [-0.3, -0.25) is 9.48 Å². The Labute approximate surface area is 166 Å². The zero-order chi connectivity index (χ0) is 20.8. The molecule has 1 saturated heterocycles. The summed E-state index contributed by atoms with van der Waals surface area (Å²) >= 11 is 0. The molecule has 0 saturated carbocycles. The number of fused-ring (bicyclic) bond motifs is 1. The van der Waals surface area contributed by atoms with Gasteiger partial charge in [-0.05, 0) is 37.1 Å². The van der Waals surface area contributed by atoms with E-state index in [9.17, 15) is 18.0 Å². The summed E-state index contributed by atoms with van der Waals surface area (Å²) < 4.78 is 40.7. The third-order valence-corrected chi connectivity index (χ3v) is 5.41. The van der Waals surface area contributed by atoms with E-state index in [1.165, 1.54) is 18.2 Å². The van der Waals surface area contributed by atoms with Gasteiger partial charge >= 0.3 is 6.18 Å². The van der Waals surface area contributed by atoms with E-state index in [1.807, 2.05) is 29.8 Å². The minimum atomic E-state index is -4.37. The summed E-state index contributed by atoms with van der Waals surface area (Å²) in [5, 5.41) is 5.67. The Balaban J connectivity index is 1.78. The number of likely N-dealkylation sites (tertiary alicyclic amines) is 1. The maximum absolute atomic E-state index is 12.9. The first-order valence-electron chi connectivity index (χ1n) is 9.36. The van der Waals surface area contributed by atoms with Gasteiger partial charge in [-0.15, -0.1) is 0 Å². The normalized spacial score (nSPS) is 17.1. The lowest BCUT2D eigenvalue weighted by molar-refractivity contribution is -0.137. The Kier molecular flexibility index (Phi) is 4.68. The van der Waals surface area contributed by atoms with Crippen LogP contribution in [0.1, 0.15) is 23.6 Å². The van der Waals surface area contributed by atoms with Gasteiger partial charge in [0, 0.05) is 24.0 Å². The lowest BCUT2D eigenvalue weighted by Gasteiger charge is -2.15. The second-order valence-electron chi connectivity index (χ2n) is 7.27. The average Bonchev–Trinajstić information content (AvgIpc) is 3.32. The molecule has 1 fully saturated rings. The molecule has 1 atom stereocenters. The number of alkyl halides is 3. The third kappa shape index (κ3) is 3.41. The molecule has 4 nitrogen and oxygen atoms in total. The van der Waals surface area contributed by atoms with Crippen molar-refractivity contribution < 1.29 is 18.0 Å². The van der Waals surface area contributed by atoms with E-state index in [0.717, 1.165) is 35.0 Å². The van der Waals surface area contributed by atoms with Gasteiger partial charge in [0.15, 0.2) is 0 Å². The van der Waals surface area contributed by atoms with E-state index < -0.39 is 11.7 Å². The van der Waals surface area contributed by atoms with Gasteiger partial charge in [0.05, 0.1) is 17.1 Å². The molecule has 0 radical (unpaired) electrons. The summed E-state index contributed by atoms with van der Waals surface area (Å²) in [7, 11) is 0. The van der Waals surface area contributed by atoms with Crippen molar-refractivity contribution in [3.05, 3.63) is 66.2 Å². The van der Waals surface area contributed by atoms with E-state index in [1.54, 1.807) is 4.90 Å². The molecule has 1 aliphatic rings. The monoisotopic (exact) mass is 399 g/mol. The molecule has 1 unspecified atom stereocenters. The number of carbonyl (C=O) groups is 1. The van der Waals surface area contributed by atoms with Crippen molar-refractivity contribution in [3.8, 4) is 11.3 Å². The molecule has 29 heavy (non-hydrogen) atoms. The summed E-state index contributed by atoms with van der Waals surface area (Å²) in [6, 6.07) is 10.9. The van der Waals surface area contributed by atoms with Gasteiger partial charge in [-0.25, -0.2) is 0 Å². The van der Waals surface area contributed by atoms with Crippen LogP contribution in [0.15, 0.2) is 55.1 Å². The maximum Gasteiger partial charge on any atom is 0.416 e. The lowest BCUT2D eigenvalue weighted by Crippen LogP contribution is -2.27. The van der Waals surface area contributed by atoms with Crippen molar-refractivity contribution in [3.63, 3.8) is 0 Å². The predicted molar refractivity (Wildman–Crippen MR) is 105 cm³/mol. The van der Waals surface area contributed by atoms with Gasteiger partial charge in [-0.2, -0.15) is 18.3 Å². The number of hydrogen-bond acceptors (Lipinski definition) is 2. The summed E-state index contributed by atoms with van der Waals surface area (Å²) in [6.45, 7) is 6.68. The smallest absolute Gasteiger partial charge is 0.337 e. The van der Waals surface area contributed by atoms with Gasteiger partial charge in [-0.1, -0.05) is 36.9 Å². The first-order valence-corrected chi connectivity index (χ1v) is 9.36. The van der Waals surface area contributed by atoms with E-state index in [2.05, 4.69) is 6.58 Å². The Bertz CT molecular complexity index is 1080. The first-order chi connectivity index (χ1) is 13.8. The topological polar surface area (TPSA) is 38.1 Å². The number of carbonyl (C=O) groups excluding carboxylic acids is 1. The fourth-order valence-electron chi connectivity index (χ4n) is 3.93. The molecule has 2 heterocycles. The predicted octanol–water partition coefficient (Wildman–Crippen LogP) is 4.99. The number of para-hydroxylation sites is 1. The van der Waals surface area contributed by atoms with Gasteiger partial charge < -0.3 is 4.90 Å². The van der Waals surface area contributed by atoms with Gasteiger partial charge in [0.25, 0.3) is 0 Å². The highest BCUT2D eigenvalue weighted by Crippen LogP contribution is 2.36.